The molecule has 0 saturated carbocycles. The van der Waals surface area contributed by atoms with Crippen molar-refractivity contribution in [2.45, 2.75) is 22.1 Å². The summed E-state index contributed by atoms with van der Waals surface area (Å²) in [5, 5.41) is 7.44. The lowest BCUT2D eigenvalue weighted by atomic mass is 9.26. The molecule has 1 saturated heterocycles. The minimum absolute atomic E-state index is 0.263. The van der Waals surface area contributed by atoms with Crippen LogP contribution in [0.15, 0.2) is 0 Å². The number of hydrogen-bond donors (Lipinski definition) is 3. The molecule has 7 nitrogen and oxygen atoms in total. The van der Waals surface area contributed by atoms with Crippen LogP contribution in [-0.4, -0.2) is 88.7 Å². The summed E-state index contributed by atoms with van der Waals surface area (Å²) in [5.74, 6) is -4.99. The fourth-order valence-corrected chi connectivity index (χ4v) is 3.35. The van der Waals surface area contributed by atoms with Crippen molar-refractivity contribution in [3.63, 3.8) is 0 Å². The lowest BCUT2D eigenvalue weighted by Crippen LogP contribution is -2.69. The Labute approximate surface area is 168 Å². The summed E-state index contributed by atoms with van der Waals surface area (Å²) in [6, 6.07) is -2.09. The summed E-state index contributed by atoms with van der Waals surface area (Å²) < 4.78 is 14.2. The fraction of sp³-hybridized carbons (Fsp3) is 0.308. The number of amides is 3. The standard InChI is InChI=1S/C13H5B7FN3O4/c14-3-1-2(6(22)4(15)5(3)21)13(20,28)24(9(1)26)7-8(25)23-10(27)12(18,19)11(7,16)17/h7,28H,22H2,(H,23,25,27)/t7-,13?/m1/s1. The number of nitrogens with two attached hydrogens (primary N) is 1. The van der Waals surface area contributed by atoms with Crippen LogP contribution >= 0.6 is 0 Å². The minimum atomic E-state index is -2.88. The topological polar surface area (TPSA) is 113 Å². The fourth-order valence-electron chi connectivity index (χ4n) is 3.35. The monoisotopic (exact) mass is 363 g/mol. The van der Waals surface area contributed by atoms with Crippen molar-refractivity contribution in [2.75, 3.05) is 5.73 Å². The van der Waals surface area contributed by atoms with E-state index in [1.165, 1.54) is 0 Å². The van der Waals surface area contributed by atoms with Gasteiger partial charge in [0.15, 0.2) is 7.85 Å². The van der Waals surface area contributed by atoms with Crippen LogP contribution in [-0.2, 0) is 15.2 Å². The van der Waals surface area contributed by atoms with Crippen LogP contribution in [0.2, 0.25) is 10.4 Å². The average molecular weight is 362 g/mol. The smallest absolute Gasteiger partial charge is 0.256 e. The Bertz CT molecular complexity index is 968. The van der Waals surface area contributed by atoms with Crippen LogP contribution in [0, 0.1) is 5.82 Å². The molecule has 3 amide bonds. The number of anilines is 1. The summed E-state index contributed by atoms with van der Waals surface area (Å²) in [7, 11) is 39.9. The molecule has 2 aliphatic rings. The van der Waals surface area contributed by atoms with Gasteiger partial charge in [-0.1, -0.05) is 5.21 Å². The lowest BCUT2D eigenvalue weighted by molar-refractivity contribution is -0.143. The Balaban J connectivity index is 2.29. The number of benzene rings is 1. The Hall–Kier alpha value is -2.03. The van der Waals surface area contributed by atoms with E-state index in [0.717, 1.165) is 0 Å². The SMILES string of the molecule is [B]c1c(N)c2c(c([B])c1F)C(=O)N([C@@H]1C(=O)NC(=O)C([B])([B])C1([B])[B])C2([B])O. The van der Waals surface area contributed by atoms with Gasteiger partial charge in [-0.15, -0.1) is 0 Å². The van der Waals surface area contributed by atoms with Crippen LogP contribution in [0.3, 0.4) is 0 Å². The van der Waals surface area contributed by atoms with Gasteiger partial charge in [0.05, 0.1) is 31.4 Å². The van der Waals surface area contributed by atoms with Crippen LogP contribution in [0.5, 0.6) is 0 Å². The highest BCUT2D eigenvalue weighted by Crippen LogP contribution is 2.52. The third kappa shape index (κ3) is 2.25. The van der Waals surface area contributed by atoms with E-state index in [0.29, 0.717) is 0 Å². The third-order valence-corrected chi connectivity index (χ3v) is 5.01. The zero-order valence-electron chi connectivity index (χ0n) is 14.2. The van der Waals surface area contributed by atoms with E-state index in [4.69, 9.17) is 60.7 Å². The summed E-state index contributed by atoms with van der Waals surface area (Å²) in [5.41, 5.74) is -0.468. The van der Waals surface area contributed by atoms with Crippen molar-refractivity contribution in [1.29, 1.82) is 0 Å². The van der Waals surface area contributed by atoms with Gasteiger partial charge >= 0.3 is 0 Å². The summed E-state index contributed by atoms with van der Waals surface area (Å²) in [6.45, 7) is 0. The highest BCUT2D eigenvalue weighted by Gasteiger charge is 2.61. The van der Waals surface area contributed by atoms with Crippen molar-refractivity contribution < 1.29 is 23.9 Å². The molecule has 14 radical (unpaired) electrons. The third-order valence-electron chi connectivity index (χ3n) is 5.01. The Morgan fingerprint density at radius 3 is 2.14 bits per heavy atom. The van der Waals surface area contributed by atoms with Crippen molar-refractivity contribution in [3.8, 4) is 0 Å². The second-order valence-electron chi connectivity index (χ2n) is 6.73. The van der Waals surface area contributed by atoms with Crippen molar-refractivity contribution in [2.24, 2.45) is 0 Å². The first-order valence-corrected chi connectivity index (χ1v) is 7.62. The molecule has 3 rings (SSSR count). The zero-order valence-corrected chi connectivity index (χ0v) is 14.2. The molecule has 2 aliphatic heterocycles. The first-order chi connectivity index (χ1) is 12.6. The molecule has 4 N–H and O–H groups in total. The highest BCUT2D eigenvalue weighted by molar-refractivity contribution is 6.63. The molecule has 0 bridgehead atoms. The largest absolute Gasteiger partial charge is 0.399 e. The lowest BCUT2D eigenvalue weighted by Gasteiger charge is -2.55. The van der Waals surface area contributed by atoms with E-state index in [9.17, 15) is 23.9 Å². The van der Waals surface area contributed by atoms with Crippen molar-refractivity contribution in [1.82, 2.24) is 10.2 Å². The van der Waals surface area contributed by atoms with E-state index < -0.39 is 73.4 Å². The second kappa shape index (κ2) is 5.75. The predicted octanol–water partition coefficient (Wildman–Crippen LogP) is -5.35. The minimum Gasteiger partial charge on any atom is -0.399 e. The van der Waals surface area contributed by atoms with E-state index >= 15 is 0 Å². The number of fused-ring (bicyclic) bond motifs is 1. The molecule has 1 aromatic carbocycles. The maximum absolute atomic E-state index is 14.2. The number of halogens is 1. The van der Waals surface area contributed by atoms with E-state index in [1.54, 1.807) is 5.32 Å². The molecular formula is C13H5B7FN3O4. The van der Waals surface area contributed by atoms with Crippen LogP contribution in [0.1, 0.15) is 15.9 Å². The van der Waals surface area contributed by atoms with Gasteiger partial charge in [-0.05, 0) is 16.1 Å². The number of carbonyl (C=O) groups excluding carboxylic acids is 3. The van der Waals surface area contributed by atoms with Crippen LogP contribution in [0.4, 0.5) is 10.1 Å². The molecule has 2 atom stereocenters. The van der Waals surface area contributed by atoms with Gasteiger partial charge in [0.25, 0.3) is 5.91 Å². The van der Waals surface area contributed by atoms with Crippen molar-refractivity contribution in [3.05, 3.63) is 16.9 Å². The number of nitrogens with one attached hydrogen (secondary N) is 1. The molecule has 124 valence electrons. The molecule has 0 spiro atoms. The Morgan fingerprint density at radius 1 is 1.07 bits per heavy atom. The van der Waals surface area contributed by atoms with Gasteiger partial charge in [-0.2, -0.15) is 0 Å². The molecule has 1 unspecified atom stereocenters. The highest BCUT2D eigenvalue weighted by atomic mass is 19.1. The summed E-state index contributed by atoms with van der Waals surface area (Å²) >= 11 is 0. The number of rotatable bonds is 1. The molecule has 28 heavy (non-hydrogen) atoms. The number of imide groups is 1. The van der Waals surface area contributed by atoms with Gasteiger partial charge < -0.3 is 15.7 Å². The number of carbonyl (C=O) groups is 3. The molecule has 0 aromatic heterocycles. The first kappa shape index (κ1) is 20.7. The number of piperidine rings is 1. The molecule has 0 aliphatic carbocycles. The average Bonchev–Trinajstić information content (AvgIpc) is 2.77. The molecule has 15 heteroatoms. The zero-order chi connectivity index (χ0) is 21.6. The molecule has 1 aromatic rings. The normalized spacial score (nSPS) is 28.1. The van der Waals surface area contributed by atoms with Crippen molar-refractivity contribution >= 4 is 89.3 Å². The van der Waals surface area contributed by atoms with Gasteiger partial charge in [0, 0.05) is 16.8 Å². The summed E-state index contributed by atoms with van der Waals surface area (Å²) in [6.07, 6.45) is 0. The molecule has 2 heterocycles. The number of nitrogen functional groups attached to an aromatic ring is 1. The maximum atomic E-state index is 14.2. The Morgan fingerprint density at radius 2 is 1.61 bits per heavy atom. The quantitative estimate of drug-likeness (QED) is 0.263. The van der Waals surface area contributed by atoms with Crippen LogP contribution < -0.4 is 22.0 Å². The van der Waals surface area contributed by atoms with Gasteiger partial charge in [0.1, 0.15) is 33.2 Å². The number of aliphatic hydroxyl groups is 1. The maximum Gasteiger partial charge on any atom is 0.256 e. The summed E-state index contributed by atoms with van der Waals surface area (Å²) in [4.78, 5) is 37.6. The van der Waals surface area contributed by atoms with Gasteiger partial charge in [-0.25, -0.2) is 4.39 Å². The van der Waals surface area contributed by atoms with E-state index in [-0.39, 0.29) is 4.90 Å². The van der Waals surface area contributed by atoms with E-state index in [1.807, 2.05) is 0 Å². The molecule has 1 fully saturated rings. The Kier molecular flexibility index (Phi) is 4.25. The van der Waals surface area contributed by atoms with Crippen LogP contribution in [0.25, 0.3) is 0 Å². The molecular weight excluding hydrogens is 357 g/mol. The van der Waals surface area contributed by atoms with Gasteiger partial charge in [0.2, 0.25) is 11.8 Å². The number of nitrogens with zero attached hydrogens (tertiary/aromatic N) is 1. The van der Waals surface area contributed by atoms with E-state index in [2.05, 4.69) is 0 Å². The van der Waals surface area contributed by atoms with Gasteiger partial charge in [-0.3, -0.25) is 19.7 Å². The predicted molar refractivity (Wildman–Crippen MR) is 103 cm³/mol. The first-order valence-electron chi connectivity index (χ1n) is 7.62. The number of hydrogen-bond acceptors (Lipinski definition) is 5. The second-order valence-corrected chi connectivity index (χ2v) is 6.73.